The van der Waals surface area contributed by atoms with Gasteiger partial charge < -0.3 is 5.32 Å². The van der Waals surface area contributed by atoms with Gasteiger partial charge in [-0.05, 0) is 55.3 Å². The molecule has 0 aliphatic rings. The van der Waals surface area contributed by atoms with Crippen LogP contribution in [0.4, 0.5) is 4.39 Å². The Balaban J connectivity index is 2.34. The first-order valence-electron chi connectivity index (χ1n) is 6.39. The Morgan fingerprint density at radius 3 is 2.65 bits per heavy atom. The molecular weight excluding hydrogens is 296 g/mol. The molecule has 20 heavy (non-hydrogen) atoms. The number of rotatable bonds is 4. The second-order valence-corrected chi connectivity index (χ2v) is 5.54. The van der Waals surface area contributed by atoms with E-state index in [4.69, 9.17) is 23.2 Å². The van der Waals surface area contributed by atoms with Crippen molar-refractivity contribution in [2.24, 2.45) is 0 Å². The highest BCUT2D eigenvalue weighted by Gasteiger charge is 2.16. The average Bonchev–Trinajstić information content (AvgIpc) is 2.43. The highest BCUT2D eigenvalue weighted by molar-refractivity contribution is 6.42. The van der Waals surface area contributed by atoms with Gasteiger partial charge in [0, 0.05) is 6.04 Å². The molecule has 0 aliphatic carbocycles. The van der Waals surface area contributed by atoms with Gasteiger partial charge in [0.05, 0.1) is 10.0 Å². The molecule has 0 saturated carbocycles. The summed E-state index contributed by atoms with van der Waals surface area (Å²) in [5, 5.41) is 4.29. The quantitative estimate of drug-likeness (QED) is 0.843. The number of likely N-dealkylation sites (N-methyl/N-ethyl adjacent to an activating group) is 1. The van der Waals surface area contributed by atoms with Crippen LogP contribution >= 0.6 is 23.2 Å². The molecule has 1 nitrogen and oxygen atoms in total. The maximum Gasteiger partial charge on any atom is 0.123 e. The predicted molar refractivity (Wildman–Crippen MR) is 83.1 cm³/mol. The van der Waals surface area contributed by atoms with Crippen molar-refractivity contribution in [3.63, 3.8) is 0 Å². The van der Waals surface area contributed by atoms with Crippen LogP contribution in [0.15, 0.2) is 36.4 Å². The summed E-state index contributed by atoms with van der Waals surface area (Å²) < 4.78 is 13.4. The molecule has 2 rings (SSSR count). The smallest absolute Gasteiger partial charge is 0.123 e. The van der Waals surface area contributed by atoms with Crippen molar-refractivity contribution in [3.05, 3.63) is 69.0 Å². The van der Waals surface area contributed by atoms with Gasteiger partial charge in [0.15, 0.2) is 0 Å². The summed E-state index contributed by atoms with van der Waals surface area (Å²) in [4.78, 5) is 0. The third-order valence-corrected chi connectivity index (χ3v) is 4.27. The first-order valence-corrected chi connectivity index (χ1v) is 7.14. The van der Waals surface area contributed by atoms with E-state index in [1.807, 2.05) is 26.1 Å². The molecule has 0 heterocycles. The fourth-order valence-corrected chi connectivity index (χ4v) is 2.68. The van der Waals surface area contributed by atoms with E-state index in [-0.39, 0.29) is 11.9 Å². The van der Waals surface area contributed by atoms with E-state index in [1.165, 1.54) is 6.07 Å². The number of nitrogens with one attached hydrogen (secondary N) is 1. The van der Waals surface area contributed by atoms with Gasteiger partial charge >= 0.3 is 0 Å². The van der Waals surface area contributed by atoms with Gasteiger partial charge in [-0.1, -0.05) is 41.4 Å². The van der Waals surface area contributed by atoms with Gasteiger partial charge in [-0.2, -0.15) is 0 Å². The second-order valence-electron chi connectivity index (χ2n) is 4.76. The van der Waals surface area contributed by atoms with Crippen molar-refractivity contribution in [1.82, 2.24) is 5.32 Å². The zero-order valence-corrected chi connectivity index (χ0v) is 12.9. The van der Waals surface area contributed by atoms with E-state index < -0.39 is 0 Å². The molecule has 0 fully saturated rings. The Hall–Kier alpha value is -1.09. The number of aryl methyl sites for hydroxylation is 1. The lowest BCUT2D eigenvalue weighted by Crippen LogP contribution is -2.19. The lowest BCUT2D eigenvalue weighted by Gasteiger charge is -2.19. The molecule has 0 aromatic heterocycles. The number of hydrogen-bond donors (Lipinski definition) is 1. The van der Waals surface area contributed by atoms with E-state index in [2.05, 4.69) is 5.32 Å². The molecule has 106 valence electrons. The molecule has 0 spiro atoms. The Kier molecular flexibility index (Phi) is 5.03. The SMILES string of the molecule is CNC(Cc1cc(F)ccc1C)c1cccc(Cl)c1Cl. The first kappa shape index (κ1) is 15.3. The van der Waals surface area contributed by atoms with Crippen LogP contribution in [-0.4, -0.2) is 7.05 Å². The van der Waals surface area contributed by atoms with Crippen LogP contribution in [0.5, 0.6) is 0 Å². The monoisotopic (exact) mass is 311 g/mol. The minimum Gasteiger partial charge on any atom is -0.313 e. The summed E-state index contributed by atoms with van der Waals surface area (Å²) in [7, 11) is 1.86. The average molecular weight is 312 g/mol. The standard InChI is InChI=1S/C16H16Cl2FN/c1-10-6-7-12(19)8-11(10)9-15(20-2)13-4-3-5-14(17)16(13)18/h3-8,15,20H,9H2,1-2H3. The summed E-state index contributed by atoms with van der Waals surface area (Å²) in [5.41, 5.74) is 2.94. The number of halogens is 3. The van der Waals surface area contributed by atoms with Gasteiger partial charge in [-0.25, -0.2) is 4.39 Å². The molecule has 0 saturated heterocycles. The first-order chi connectivity index (χ1) is 9.52. The highest BCUT2D eigenvalue weighted by Crippen LogP contribution is 2.31. The number of hydrogen-bond acceptors (Lipinski definition) is 1. The van der Waals surface area contributed by atoms with Gasteiger partial charge in [0.25, 0.3) is 0 Å². The lowest BCUT2D eigenvalue weighted by molar-refractivity contribution is 0.582. The van der Waals surface area contributed by atoms with Gasteiger partial charge in [0.2, 0.25) is 0 Å². The molecule has 4 heteroatoms. The fourth-order valence-electron chi connectivity index (χ4n) is 2.24. The van der Waals surface area contributed by atoms with Crippen molar-refractivity contribution >= 4 is 23.2 Å². The van der Waals surface area contributed by atoms with Gasteiger partial charge in [0.1, 0.15) is 5.82 Å². The summed E-state index contributed by atoms with van der Waals surface area (Å²) in [5.74, 6) is -0.224. The largest absolute Gasteiger partial charge is 0.313 e. The van der Waals surface area contributed by atoms with E-state index in [0.717, 1.165) is 16.7 Å². The number of benzene rings is 2. The van der Waals surface area contributed by atoms with Crippen molar-refractivity contribution in [1.29, 1.82) is 0 Å². The van der Waals surface area contributed by atoms with Crippen LogP contribution in [0.1, 0.15) is 22.7 Å². The highest BCUT2D eigenvalue weighted by atomic mass is 35.5. The minimum absolute atomic E-state index is 0.0123. The minimum atomic E-state index is -0.224. The van der Waals surface area contributed by atoms with Crippen molar-refractivity contribution in [2.45, 2.75) is 19.4 Å². The predicted octanol–water partition coefficient (Wildman–Crippen LogP) is 4.94. The summed E-state index contributed by atoms with van der Waals surface area (Å²) in [6, 6.07) is 10.4. The Bertz CT molecular complexity index is 613. The van der Waals surface area contributed by atoms with Gasteiger partial charge in [-0.3, -0.25) is 0 Å². The Morgan fingerprint density at radius 1 is 1.20 bits per heavy atom. The maximum absolute atomic E-state index is 13.4. The lowest BCUT2D eigenvalue weighted by atomic mass is 9.96. The zero-order chi connectivity index (χ0) is 14.7. The van der Waals surface area contributed by atoms with E-state index >= 15 is 0 Å². The second kappa shape index (κ2) is 6.57. The summed E-state index contributed by atoms with van der Waals surface area (Å²) in [6.07, 6.45) is 0.653. The molecule has 2 aromatic rings. The maximum atomic E-state index is 13.4. The Labute approximate surface area is 128 Å². The Morgan fingerprint density at radius 2 is 1.95 bits per heavy atom. The molecule has 0 aliphatic heterocycles. The van der Waals surface area contributed by atoms with Crippen molar-refractivity contribution in [3.8, 4) is 0 Å². The van der Waals surface area contributed by atoms with E-state index in [1.54, 1.807) is 18.2 Å². The van der Waals surface area contributed by atoms with E-state index in [0.29, 0.717) is 16.5 Å². The zero-order valence-electron chi connectivity index (χ0n) is 11.4. The molecular formula is C16H16Cl2FN. The molecule has 1 atom stereocenters. The molecule has 2 aromatic carbocycles. The molecule has 1 unspecified atom stereocenters. The molecule has 0 bridgehead atoms. The molecule has 0 amide bonds. The summed E-state index contributed by atoms with van der Waals surface area (Å²) >= 11 is 12.3. The van der Waals surface area contributed by atoms with Crippen LogP contribution in [0.25, 0.3) is 0 Å². The molecule has 0 radical (unpaired) electrons. The van der Waals surface area contributed by atoms with Gasteiger partial charge in [-0.15, -0.1) is 0 Å². The fraction of sp³-hybridized carbons (Fsp3) is 0.250. The van der Waals surface area contributed by atoms with Crippen LogP contribution < -0.4 is 5.32 Å². The third kappa shape index (κ3) is 3.32. The van der Waals surface area contributed by atoms with E-state index in [9.17, 15) is 4.39 Å². The normalized spacial score (nSPS) is 12.4. The van der Waals surface area contributed by atoms with Crippen LogP contribution in [-0.2, 0) is 6.42 Å². The third-order valence-electron chi connectivity index (χ3n) is 3.44. The molecule has 1 N–H and O–H groups in total. The van der Waals surface area contributed by atoms with Crippen molar-refractivity contribution in [2.75, 3.05) is 7.05 Å². The van der Waals surface area contributed by atoms with Crippen LogP contribution in [0.2, 0.25) is 10.0 Å². The van der Waals surface area contributed by atoms with Crippen molar-refractivity contribution < 1.29 is 4.39 Å². The van der Waals surface area contributed by atoms with Crippen LogP contribution in [0, 0.1) is 12.7 Å². The topological polar surface area (TPSA) is 12.0 Å². The summed E-state index contributed by atoms with van der Waals surface area (Å²) in [6.45, 7) is 1.97. The van der Waals surface area contributed by atoms with Crippen LogP contribution in [0.3, 0.4) is 0 Å².